The molecule has 2 heterocycles. The summed E-state index contributed by atoms with van der Waals surface area (Å²) in [5, 5.41) is 9.60. The first-order valence-corrected chi connectivity index (χ1v) is 9.00. The summed E-state index contributed by atoms with van der Waals surface area (Å²) < 4.78 is 41.5. The zero-order valence-electron chi connectivity index (χ0n) is 13.0. The van der Waals surface area contributed by atoms with Gasteiger partial charge in [-0.05, 0) is 36.8 Å². The van der Waals surface area contributed by atoms with E-state index in [4.69, 9.17) is 16.9 Å². The monoisotopic (exact) mass is 378 g/mol. The first-order chi connectivity index (χ1) is 11.8. The number of rotatable bonds is 4. The molecular weight excluding hydrogens is 367 g/mol. The Kier molecular flexibility index (Phi) is 4.37. The second kappa shape index (κ2) is 6.35. The number of fused-ring (bicyclic) bond motifs is 1. The molecular formula is C16H12ClFN4O2S. The second-order valence-corrected chi connectivity index (χ2v) is 7.43. The van der Waals surface area contributed by atoms with E-state index in [1.54, 1.807) is 25.1 Å². The highest BCUT2D eigenvalue weighted by Crippen LogP contribution is 2.27. The Bertz CT molecular complexity index is 1120. The van der Waals surface area contributed by atoms with E-state index < -0.39 is 21.7 Å². The predicted molar refractivity (Wildman–Crippen MR) is 92.4 cm³/mol. The highest BCUT2D eigenvalue weighted by molar-refractivity contribution is 7.93. The van der Waals surface area contributed by atoms with Crippen LogP contribution in [0.25, 0.3) is 10.9 Å². The van der Waals surface area contributed by atoms with Crippen molar-refractivity contribution in [3.63, 3.8) is 0 Å². The summed E-state index contributed by atoms with van der Waals surface area (Å²) in [7, 11) is -4.07. The first-order valence-electron chi connectivity index (χ1n) is 7.14. The summed E-state index contributed by atoms with van der Waals surface area (Å²) in [4.78, 5) is 6.71. The molecule has 9 heteroatoms. The van der Waals surface area contributed by atoms with Crippen LogP contribution in [0.4, 0.5) is 10.2 Å². The molecule has 128 valence electrons. The van der Waals surface area contributed by atoms with E-state index in [0.717, 1.165) is 6.07 Å². The maximum Gasteiger partial charge on any atom is 0.265 e. The number of aryl methyl sites for hydroxylation is 1. The van der Waals surface area contributed by atoms with E-state index in [-0.39, 0.29) is 11.3 Å². The molecule has 0 saturated carbocycles. The lowest BCUT2D eigenvalue weighted by molar-refractivity contribution is 0.597. The first kappa shape index (κ1) is 17.2. The number of nitrogens with one attached hydrogen (secondary N) is 2. The van der Waals surface area contributed by atoms with Crippen LogP contribution < -0.4 is 4.72 Å². The topological polar surface area (TPSA) is 98.6 Å². The van der Waals surface area contributed by atoms with Crippen LogP contribution in [-0.2, 0) is 16.4 Å². The number of aromatic amines is 1. The SMILES string of the molecule is Cc1nc(NS(=O)(=O)c2c[nH]c3cc(Cl)ccc23)c(F)cc1CC#N. The molecule has 0 bridgehead atoms. The summed E-state index contributed by atoms with van der Waals surface area (Å²) in [6, 6.07) is 7.74. The van der Waals surface area contributed by atoms with Gasteiger partial charge in [-0.2, -0.15) is 5.26 Å². The number of halogens is 2. The van der Waals surface area contributed by atoms with Gasteiger partial charge in [0.25, 0.3) is 10.0 Å². The number of H-pyrrole nitrogens is 1. The quantitative estimate of drug-likeness (QED) is 0.725. The number of hydrogen-bond acceptors (Lipinski definition) is 4. The van der Waals surface area contributed by atoms with Crippen molar-refractivity contribution in [2.45, 2.75) is 18.2 Å². The van der Waals surface area contributed by atoms with Crippen molar-refractivity contribution in [3.8, 4) is 6.07 Å². The molecule has 25 heavy (non-hydrogen) atoms. The molecule has 3 rings (SSSR count). The van der Waals surface area contributed by atoms with Gasteiger partial charge >= 0.3 is 0 Å². The van der Waals surface area contributed by atoms with Crippen LogP contribution in [0.2, 0.25) is 5.02 Å². The standard InChI is InChI=1S/C16H12ClFN4O2S/c1-9-10(4-5-19)6-13(18)16(21-9)22-25(23,24)15-8-20-14-7-11(17)2-3-12(14)15/h2-3,6-8,20H,4H2,1H3,(H,21,22). The summed E-state index contributed by atoms with van der Waals surface area (Å²) in [6.45, 7) is 1.58. The zero-order valence-corrected chi connectivity index (χ0v) is 14.5. The third-order valence-corrected chi connectivity index (χ3v) is 5.28. The van der Waals surface area contributed by atoms with Crippen LogP contribution >= 0.6 is 11.6 Å². The van der Waals surface area contributed by atoms with Crippen molar-refractivity contribution in [3.05, 3.63) is 52.6 Å². The summed E-state index contributed by atoms with van der Waals surface area (Å²) in [6.07, 6.45) is 1.30. The fourth-order valence-electron chi connectivity index (χ4n) is 2.43. The van der Waals surface area contributed by atoms with E-state index in [2.05, 4.69) is 14.7 Å². The van der Waals surface area contributed by atoms with E-state index >= 15 is 0 Å². The van der Waals surface area contributed by atoms with Crippen molar-refractivity contribution >= 4 is 38.3 Å². The molecule has 0 amide bonds. The van der Waals surface area contributed by atoms with Gasteiger partial charge in [0.1, 0.15) is 4.90 Å². The molecule has 2 N–H and O–H groups in total. The average molecular weight is 379 g/mol. The molecule has 6 nitrogen and oxygen atoms in total. The lowest BCUT2D eigenvalue weighted by Crippen LogP contribution is -2.15. The Hall–Kier alpha value is -2.63. The van der Waals surface area contributed by atoms with Gasteiger partial charge in [0.2, 0.25) is 0 Å². The maximum atomic E-state index is 14.2. The molecule has 0 unspecified atom stereocenters. The number of sulfonamides is 1. The van der Waals surface area contributed by atoms with Crippen LogP contribution in [-0.4, -0.2) is 18.4 Å². The second-order valence-electron chi connectivity index (χ2n) is 5.35. The molecule has 0 fully saturated rings. The van der Waals surface area contributed by atoms with Gasteiger partial charge < -0.3 is 4.98 Å². The number of nitriles is 1. The van der Waals surface area contributed by atoms with E-state index in [0.29, 0.717) is 27.2 Å². The van der Waals surface area contributed by atoms with Gasteiger partial charge in [0, 0.05) is 27.8 Å². The number of hydrogen-bond donors (Lipinski definition) is 2. The highest BCUT2D eigenvalue weighted by atomic mass is 35.5. The van der Waals surface area contributed by atoms with Crippen LogP contribution in [0.3, 0.4) is 0 Å². The number of pyridine rings is 1. The minimum absolute atomic E-state index is 0.00795. The van der Waals surface area contributed by atoms with Crippen molar-refractivity contribution in [2.24, 2.45) is 0 Å². The minimum Gasteiger partial charge on any atom is -0.360 e. The molecule has 0 aliphatic carbocycles. The third-order valence-electron chi connectivity index (χ3n) is 3.67. The Morgan fingerprint density at radius 1 is 1.40 bits per heavy atom. The summed E-state index contributed by atoms with van der Waals surface area (Å²) in [5.41, 5.74) is 1.33. The number of benzene rings is 1. The molecule has 0 aliphatic rings. The van der Waals surface area contributed by atoms with Crippen molar-refractivity contribution in [1.29, 1.82) is 5.26 Å². The third kappa shape index (κ3) is 3.29. The van der Waals surface area contributed by atoms with E-state index in [1.165, 1.54) is 6.20 Å². The molecule has 2 aromatic heterocycles. The molecule has 0 aliphatic heterocycles. The lowest BCUT2D eigenvalue weighted by atomic mass is 10.1. The lowest BCUT2D eigenvalue weighted by Gasteiger charge is -2.10. The summed E-state index contributed by atoms with van der Waals surface area (Å²) in [5.74, 6) is -1.26. The Morgan fingerprint density at radius 2 is 2.16 bits per heavy atom. The van der Waals surface area contributed by atoms with Gasteiger partial charge in [-0.1, -0.05) is 11.6 Å². The van der Waals surface area contributed by atoms with E-state index in [9.17, 15) is 12.8 Å². The average Bonchev–Trinajstić information content (AvgIpc) is 2.96. The van der Waals surface area contributed by atoms with Crippen molar-refractivity contribution in [2.75, 3.05) is 4.72 Å². The van der Waals surface area contributed by atoms with Gasteiger partial charge in [-0.15, -0.1) is 0 Å². The normalized spacial score (nSPS) is 11.4. The van der Waals surface area contributed by atoms with Gasteiger partial charge in [-0.3, -0.25) is 4.72 Å². The molecule has 0 spiro atoms. The molecule has 1 aromatic carbocycles. The largest absolute Gasteiger partial charge is 0.360 e. The van der Waals surface area contributed by atoms with Gasteiger partial charge in [0.15, 0.2) is 11.6 Å². The smallest absolute Gasteiger partial charge is 0.265 e. The zero-order chi connectivity index (χ0) is 18.2. The fourth-order valence-corrected chi connectivity index (χ4v) is 3.79. The minimum atomic E-state index is -4.07. The number of aromatic nitrogens is 2. The van der Waals surface area contributed by atoms with Crippen LogP contribution in [0.5, 0.6) is 0 Å². The molecule has 0 atom stereocenters. The van der Waals surface area contributed by atoms with E-state index in [1.807, 2.05) is 6.07 Å². The van der Waals surface area contributed by atoms with Crippen LogP contribution in [0, 0.1) is 24.1 Å². The van der Waals surface area contributed by atoms with Crippen molar-refractivity contribution in [1.82, 2.24) is 9.97 Å². The Morgan fingerprint density at radius 3 is 2.88 bits per heavy atom. The molecule has 3 aromatic rings. The summed E-state index contributed by atoms with van der Waals surface area (Å²) >= 11 is 5.88. The molecule has 0 saturated heterocycles. The Balaban J connectivity index is 2.02. The Labute approximate surface area is 148 Å². The van der Waals surface area contributed by atoms with Crippen molar-refractivity contribution < 1.29 is 12.8 Å². The fraction of sp³-hybridized carbons (Fsp3) is 0.125. The van der Waals surface area contributed by atoms with Crippen LogP contribution in [0.15, 0.2) is 35.4 Å². The highest BCUT2D eigenvalue weighted by Gasteiger charge is 2.22. The van der Waals surface area contributed by atoms with Crippen LogP contribution in [0.1, 0.15) is 11.3 Å². The van der Waals surface area contributed by atoms with Gasteiger partial charge in [0.05, 0.1) is 12.5 Å². The number of nitrogens with zero attached hydrogens (tertiary/aromatic N) is 2. The predicted octanol–water partition coefficient (Wildman–Crippen LogP) is 3.53. The molecule has 0 radical (unpaired) electrons. The maximum absolute atomic E-state index is 14.2. The number of anilines is 1. The van der Waals surface area contributed by atoms with Gasteiger partial charge in [-0.25, -0.2) is 17.8 Å².